The molecule has 0 bridgehead atoms. The summed E-state index contributed by atoms with van der Waals surface area (Å²) in [5.74, 6) is -1.17. The quantitative estimate of drug-likeness (QED) is 0.567. The Morgan fingerprint density at radius 1 is 1.63 bits per heavy atom. The van der Waals surface area contributed by atoms with Crippen LogP contribution in [-0.2, 0) is 4.74 Å². The van der Waals surface area contributed by atoms with Gasteiger partial charge in [0.05, 0.1) is 11.5 Å². The number of methoxy groups -OCH3 is 1. The number of carbonyl (C=O) groups is 1. The summed E-state index contributed by atoms with van der Waals surface area (Å²) in [4.78, 5) is 24.7. The molecule has 0 fully saturated rings. The average molecular weight is 269 g/mol. The highest BCUT2D eigenvalue weighted by Gasteiger charge is 2.18. The van der Waals surface area contributed by atoms with Crippen molar-refractivity contribution in [1.29, 1.82) is 0 Å². The smallest absolute Gasteiger partial charge is 0.354 e. The maximum Gasteiger partial charge on any atom is 0.354 e. The van der Waals surface area contributed by atoms with Gasteiger partial charge < -0.3 is 15.2 Å². The number of carboxylic acid groups (broad SMARTS) is 1. The zero-order valence-electron chi connectivity index (χ0n) is 10.6. The van der Waals surface area contributed by atoms with E-state index in [9.17, 15) is 14.9 Å². The first kappa shape index (κ1) is 14.8. The van der Waals surface area contributed by atoms with Crippen LogP contribution in [0, 0.1) is 16.0 Å². The number of aromatic nitrogens is 1. The van der Waals surface area contributed by atoms with E-state index in [0.717, 1.165) is 12.1 Å². The summed E-state index contributed by atoms with van der Waals surface area (Å²) in [5, 5.41) is 22.4. The van der Waals surface area contributed by atoms with Crippen molar-refractivity contribution in [2.75, 3.05) is 25.6 Å². The molecule has 1 heterocycles. The van der Waals surface area contributed by atoms with E-state index in [4.69, 9.17) is 9.84 Å². The molecule has 19 heavy (non-hydrogen) atoms. The summed E-state index contributed by atoms with van der Waals surface area (Å²) >= 11 is 0. The van der Waals surface area contributed by atoms with E-state index < -0.39 is 10.9 Å². The highest BCUT2D eigenvalue weighted by Crippen LogP contribution is 2.22. The number of nitrogens with zero attached hydrogens (tertiary/aromatic N) is 2. The molecule has 0 aliphatic carbocycles. The van der Waals surface area contributed by atoms with Gasteiger partial charge in [0.15, 0.2) is 5.69 Å². The number of anilines is 1. The maximum absolute atomic E-state index is 10.8. The maximum atomic E-state index is 10.8. The van der Waals surface area contributed by atoms with Crippen LogP contribution in [-0.4, -0.2) is 41.2 Å². The summed E-state index contributed by atoms with van der Waals surface area (Å²) in [5.41, 5.74) is -0.498. The van der Waals surface area contributed by atoms with E-state index in [0.29, 0.717) is 13.2 Å². The van der Waals surface area contributed by atoms with Gasteiger partial charge in [0.2, 0.25) is 5.82 Å². The van der Waals surface area contributed by atoms with Crippen LogP contribution in [0.5, 0.6) is 0 Å². The Morgan fingerprint density at radius 3 is 2.84 bits per heavy atom. The van der Waals surface area contributed by atoms with Gasteiger partial charge in [-0.25, -0.2) is 9.78 Å². The number of pyridine rings is 1. The first-order valence-electron chi connectivity index (χ1n) is 5.57. The zero-order chi connectivity index (χ0) is 14.4. The molecular weight excluding hydrogens is 254 g/mol. The molecule has 104 valence electrons. The molecule has 8 nitrogen and oxygen atoms in total. The molecule has 1 rings (SSSR count). The first-order chi connectivity index (χ1) is 8.95. The van der Waals surface area contributed by atoms with Gasteiger partial charge in [-0.15, -0.1) is 0 Å². The molecule has 0 amide bonds. The van der Waals surface area contributed by atoms with Crippen LogP contribution in [0.15, 0.2) is 12.1 Å². The Morgan fingerprint density at radius 2 is 2.32 bits per heavy atom. The largest absolute Gasteiger partial charge is 0.477 e. The Kier molecular flexibility index (Phi) is 5.19. The van der Waals surface area contributed by atoms with Crippen LogP contribution < -0.4 is 5.32 Å². The minimum absolute atomic E-state index is 0.0483. The fourth-order valence-corrected chi connectivity index (χ4v) is 1.46. The minimum Gasteiger partial charge on any atom is -0.477 e. The predicted octanol–water partition coefficient (Wildman–Crippen LogP) is 1.38. The number of ether oxygens (including phenoxy) is 1. The van der Waals surface area contributed by atoms with Gasteiger partial charge in [-0.1, -0.05) is 6.92 Å². The molecule has 0 aliphatic rings. The van der Waals surface area contributed by atoms with Gasteiger partial charge in [-0.2, -0.15) is 0 Å². The fraction of sp³-hybridized carbons (Fsp3) is 0.455. The molecule has 1 unspecified atom stereocenters. The lowest BCUT2D eigenvalue weighted by Gasteiger charge is -2.12. The number of nitro groups is 1. The van der Waals surface area contributed by atoms with Crippen molar-refractivity contribution in [2.24, 2.45) is 5.92 Å². The van der Waals surface area contributed by atoms with Gasteiger partial charge in [0.1, 0.15) is 0 Å². The molecule has 0 saturated heterocycles. The van der Waals surface area contributed by atoms with Crippen molar-refractivity contribution in [3.05, 3.63) is 27.9 Å². The molecule has 0 spiro atoms. The Balaban J connectivity index is 2.91. The van der Waals surface area contributed by atoms with Crippen molar-refractivity contribution in [3.8, 4) is 0 Å². The van der Waals surface area contributed by atoms with E-state index >= 15 is 0 Å². The number of aromatic carboxylic acids is 1. The van der Waals surface area contributed by atoms with Gasteiger partial charge in [0, 0.05) is 19.7 Å². The van der Waals surface area contributed by atoms with Crippen LogP contribution in [0.1, 0.15) is 17.4 Å². The monoisotopic (exact) mass is 269 g/mol. The Bertz CT molecular complexity index is 477. The Hall–Kier alpha value is -2.22. The van der Waals surface area contributed by atoms with Crippen LogP contribution in [0.25, 0.3) is 0 Å². The summed E-state index contributed by atoms with van der Waals surface area (Å²) in [7, 11) is 1.56. The van der Waals surface area contributed by atoms with Gasteiger partial charge in [-0.05, 0) is 12.0 Å². The highest BCUT2D eigenvalue weighted by atomic mass is 16.6. The third kappa shape index (κ3) is 4.18. The molecule has 1 aromatic heterocycles. The number of rotatable bonds is 7. The molecule has 1 atom stereocenters. The van der Waals surface area contributed by atoms with Gasteiger partial charge in [-0.3, -0.25) is 10.1 Å². The number of hydrogen-bond acceptors (Lipinski definition) is 6. The standard InChI is InChI=1S/C11H15N3O5/c1-7(6-19-2)5-12-10-9(14(17)18)4-3-8(13-10)11(15)16/h3-4,7H,5-6H2,1-2H3,(H,12,13)(H,15,16). The normalized spacial score (nSPS) is 11.9. The lowest BCUT2D eigenvalue weighted by Crippen LogP contribution is -2.18. The van der Waals surface area contributed by atoms with Crippen LogP contribution >= 0.6 is 0 Å². The summed E-state index contributed by atoms with van der Waals surface area (Å²) < 4.78 is 4.94. The third-order valence-corrected chi connectivity index (χ3v) is 2.36. The average Bonchev–Trinajstić information content (AvgIpc) is 2.36. The number of carboxylic acids is 1. The molecule has 0 saturated carbocycles. The molecule has 1 aromatic rings. The van der Waals surface area contributed by atoms with E-state index in [1.165, 1.54) is 0 Å². The summed E-state index contributed by atoms with van der Waals surface area (Å²) in [6.45, 7) is 2.77. The molecule has 0 aliphatic heterocycles. The SMILES string of the molecule is COCC(C)CNc1nc(C(=O)O)ccc1[N+](=O)[O-]. The van der Waals surface area contributed by atoms with Crippen LogP contribution in [0.4, 0.5) is 11.5 Å². The van der Waals surface area contributed by atoms with Crippen molar-refractivity contribution in [1.82, 2.24) is 4.98 Å². The van der Waals surface area contributed by atoms with Crippen LogP contribution in [0.3, 0.4) is 0 Å². The zero-order valence-corrected chi connectivity index (χ0v) is 10.6. The third-order valence-electron chi connectivity index (χ3n) is 2.36. The van der Waals surface area contributed by atoms with E-state index in [-0.39, 0.29) is 23.1 Å². The van der Waals surface area contributed by atoms with E-state index in [1.807, 2.05) is 6.92 Å². The van der Waals surface area contributed by atoms with E-state index in [2.05, 4.69) is 10.3 Å². The van der Waals surface area contributed by atoms with Crippen molar-refractivity contribution in [2.45, 2.75) is 6.92 Å². The minimum atomic E-state index is -1.23. The number of hydrogen-bond donors (Lipinski definition) is 2. The molecular formula is C11H15N3O5. The highest BCUT2D eigenvalue weighted by molar-refractivity contribution is 5.86. The molecule has 0 aromatic carbocycles. The molecule has 8 heteroatoms. The summed E-state index contributed by atoms with van der Waals surface area (Å²) in [6, 6.07) is 2.23. The lowest BCUT2D eigenvalue weighted by molar-refractivity contribution is -0.384. The fourth-order valence-electron chi connectivity index (χ4n) is 1.46. The van der Waals surface area contributed by atoms with E-state index in [1.54, 1.807) is 7.11 Å². The topological polar surface area (TPSA) is 115 Å². The summed E-state index contributed by atoms with van der Waals surface area (Å²) in [6.07, 6.45) is 0. The Labute approximate surface area is 109 Å². The second-order valence-electron chi connectivity index (χ2n) is 4.07. The van der Waals surface area contributed by atoms with Crippen molar-refractivity contribution in [3.63, 3.8) is 0 Å². The van der Waals surface area contributed by atoms with Gasteiger partial charge in [0.25, 0.3) is 0 Å². The van der Waals surface area contributed by atoms with Crippen molar-refractivity contribution < 1.29 is 19.6 Å². The van der Waals surface area contributed by atoms with Crippen LogP contribution in [0.2, 0.25) is 0 Å². The first-order valence-corrected chi connectivity index (χ1v) is 5.57. The lowest BCUT2D eigenvalue weighted by atomic mass is 10.2. The molecule has 2 N–H and O–H groups in total. The molecule has 0 radical (unpaired) electrons. The number of nitrogens with one attached hydrogen (secondary N) is 1. The van der Waals surface area contributed by atoms with Gasteiger partial charge >= 0.3 is 11.7 Å². The van der Waals surface area contributed by atoms with Crippen molar-refractivity contribution >= 4 is 17.5 Å². The predicted molar refractivity (Wildman–Crippen MR) is 67.4 cm³/mol. The second kappa shape index (κ2) is 6.64. The second-order valence-corrected chi connectivity index (χ2v) is 4.07.